The number of nitrogens with one attached hydrogen (secondary N) is 1. The topological polar surface area (TPSA) is 200 Å². The predicted molar refractivity (Wildman–Crippen MR) is 168 cm³/mol. The van der Waals surface area contributed by atoms with Gasteiger partial charge in [0.1, 0.15) is 0 Å². The summed E-state index contributed by atoms with van der Waals surface area (Å²) in [5, 5.41) is 22.8. The van der Waals surface area contributed by atoms with E-state index in [1.54, 1.807) is 48.8 Å². The van der Waals surface area contributed by atoms with E-state index in [2.05, 4.69) is 16.9 Å². The Bertz CT molecular complexity index is 1610. The molecule has 0 aliphatic heterocycles. The Morgan fingerprint density at radius 1 is 0.911 bits per heavy atom. The van der Waals surface area contributed by atoms with Gasteiger partial charge in [0.15, 0.2) is 15.6 Å². The summed E-state index contributed by atoms with van der Waals surface area (Å²) in [6, 6.07) is 14.6. The molecule has 0 bridgehead atoms. The van der Waals surface area contributed by atoms with Gasteiger partial charge in [-0.25, -0.2) is 8.42 Å². The minimum Gasteiger partial charge on any atom is -0.481 e. The van der Waals surface area contributed by atoms with Crippen molar-refractivity contribution < 1.29 is 32.8 Å². The van der Waals surface area contributed by atoms with Crippen LogP contribution >= 0.6 is 0 Å². The molecule has 0 spiro atoms. The standard InChI is InChI=1S/C32H36N4O8S/c1-22(33)26-8-2-23(3-9-26)7-14-30(37)29(13-15-31(38)39)35-32(40)27(10-4-24-16-18-34-19-17-24)21-45(43,44)20-25-5-11-28(12-6-25)36(41)42/h2-3,5-6,8-9,11-12,16-19,27,29H,1,4,7,10,13-15,20-21,33H2,(H,35,40)(H,38,39)/t27?,29-/m0/s1. The fourth-order valence-corrected chi connectivity index (χ4v) is 6.46. The highest BCUT2D eigenvalue weighted by Crippen LogP contribution is 2.19. The molecule has 45 heavy (non-hydrogen) atoms. The molecule has 1 heterocycles. The number of carbonyl (C=O) groups excluding carboxylic acids is 2. The van der Waals surface area contributed by atoms with Gasteiger partial charge in [-0.2, -0.15) is 0 Å². The molecule has 0 radical (unpaired) electrons. The van der Waals surface area contributed by atoms with Crippen LogP contribution in [0.4, 0.5) is 5.69 Å². The molecule has 4 N–H and O–H groups in total. The number of non-ortho nitro benzene ring substituents is 1. The molecule has 3 rings (SSSR count). The first kappa shape index (κ1) is 34.6. The minimum atomic E-state index is -3.89. The fourth-order valence-electron chi connectivity index (χ4n) is 4.71. The van der Waals surface area contributed by atoms with E-state index in [1.807, 2.05) is 0 Å². The summed E-state index contributed by atoms with van der Waals surface area (Å²) in [6.07, 6.45) is 3.48. The van der Waals surface area contributed by atoms with Gasteiger partial charge in [0, 0.05) is 43.1 Å². The zero-order valence-corrected chi connectivity index (χ0v) is 25.4. The predicted octanol–water partition coefficient (Wildman–Crippen LogP) is 3.63. The molecule has 1 amide bonds. The number of Topliss-reactive ketones (excluding diaryl/α,β-unsaturated/α-hetero) is 1. The Labute approximate surface area is 261 Å². The van der Waals surface area contributed by atoms with Gasteiger partial charge >= 0.3 is 5.97 Å². The highest BCUT2D eigenvalue weighted by atomic mass is 32.2. The molecule has 3 aromatic rings. The third kappa shape index (κ3) is 11.6. The van der Waals surface area contributed by atoms with Crippen LogP contribution in [0.25, 0.3) is 5.70 Å². The maximum absolute atomic E-state index is 13.6. The highest BCUT2D eigenvalue weighted by Gasteiger charge is 2.30. The summed E-state index contributed by atoms with van der Waals surface area (Å²) in [6.45, 7) is 3.68. The number of nitro benzene ring substituents is 1. The second-order valence-electron chi connectivity index (χ2n) is 10.8. The molecular formula is C32H36N4O8S. The minimum absolute atomic E-state index is 0.0214. The Balaban J connectivity index is 1.76. The second-order valence-corrected chi connectivity index (χ2v) is 12.9. The van der Waals surface area contributed by atoms with E-state index >= 15 is 0 Å². The lowest BCUT2D eigenvalue weighted by Gasteiger charge is -2.22. The third-order valence-electron chi connectivity index (χ3n) is 7.23. The van der Waals surface area contributed by atoms with Gasteiger partial charge in [0.2, 0.25) is 5.91 Å². The lowest BCUT2D eigenvalue weighted by Crippen LogP contribution is -2.45. The summed E-state index contributed by atoms with van der Waals surface area (Å²) in [7, 11) is -3.89. The van der Waals surface area contributed by atoms with E-state index in [1.165, 1.54) is 24.3 Å². The lowest BCUT2D eigenvalue weighted by atomic mass is 9.97. The van der Waals surface area contributed by atoms with Crippen LogP contribution in [-0.4, -0.2) is 52.9 Å². The van der Waals surface area contributed by atoms with E-state index in [-0.39, 0.29) is 37.2 Å². The summed E-state index contributed by atoms with van der Waals surface area (Å²) in [5.74, 6) is -4.23. The number of aliphatic carboxylic acids is 1. The summed E-state index contributed by atoms with van der Waals surface area (Å²) >= 11 is 0. The normalized spacial score (nSPS) is 12.5. The number of ketones is 1. The average molecular weight is 637 g/mol. The number of aromatic nitrogens is 1. The van der Waals surface area contributed by atoms with Gasteiger partial charge in [-0.3, -0.25) is 29.5 Å². The quantitative estimate of drug-likeness (QED) is 0.137. The monoisotopic (exact) mass is 636 g/mol. The van der Waals surface area contributed by atoms with Crippen molar-refractivity contribution in [3.05, 3.63) is 112 Å². The van der Waals surface area contributed by atoms with E-state index in [4.69, 9.17) is 5.73 Å². The van der Waals surface area contributed by atoms with Crippen LogP contribution in [0.2, 0.25) is 0 Å². The number of carbonyl (C=O) groups is 3. The van der Waals surface area contributed by atoms with Crippen molar-refractivity contribution in [2.75, 3.05) is 5.75 Å². The van der Waals surface area contributed by atoms with Crippen molar-refractivity contribution in [2.24, 2.45) is 11.7 Å². The molecule has 2 aromatic carbocycles. The molecule has 13 heteroatoms. The van der Waals surface area contributed by atoms with Crippen LogP contribution in [-0.2, 0) is 42.8 Å². The largest absolute Gasteiger partial charge is 0.481 e. The van der Waals surface area contributed by atoms with E-state index in [0.29, 0.717) is 24.1 Å². The molecule has 0 saturated carbocycles. The van der Waals surface area contributed by atoms with Crippen LogP contribution in [0.15, 0.2) is 79.6 Å². The van der Waals surface area contributed by atoms with Crippen molar-refractivity contribution in [2.45, 2.75) is 50.3 Å². The van der Waals surface area contributed by atoms with E-state index < -0.39 is 50.1 Å². The number of hydrogen-bond donors (Lipinski definition) is 3. The first-order valence-corrected chi connectivity index (χ1v) is 16.1. The molecule has 0 saturated heterocycles. The van der Waals surface area contributed by atoms with Crippen molar-refractivity contribution in [1.29, 1.82) is 0 Å². The Kier molecular flexibility index (Phi) is 12.5. The smallest absolute Gasteiger partial charge is 0.303 e. The first-order chi connectivity index (χ1) is 21.3. The van der Waals surface area contributed by atoms with Gasteiger partial charge in [-0.15, -0.1) is 0 Å². The molecule has 238 valence electrons. The van der Waals surface area contributed by atoms with Crippen molar-refractivity contribution in [3.8, 4) is 0 Å². The van der Waals surface area contributed by atoms with E-state index in [0.717, 1.165) is 16.7 Å². The SMILES string of the molecule is C=C(N)c1ccc(CCC(=O)[C@H](CCC(=O)O)NC(=O)C(CCc2ccncc2)CS(=O)(=O)Cc2ccc([N+](=O)[O-])cc2)cc1. The number of nitrogens with zero attached hydrogens (tertiary/aromatic N) is 2. The maximum Gasteiger partial charge on any atom is 0.303 e. The Morgan fingerprint density at radius 3 is 2.09 bits per heavy atom. The number of rotatable bonds is 18. The van der Waals surface area contributed by atoms with Gasteiger partial charge in [0.05, 0.1) is 28.4 Å². The van der Waals surface area contributed by atoms with Gasteiger partial charge < -0.3 is 16.2 Å². The number of carboxylic acid groups (broad SMARTS) is 1. The van der Waals surface area contributed by atoms with E-state index in [9.17, 15) is 38.0 Å². The highest BCUT2D eigenvalue weighted by molar-refractivity contribution is 7.90. The number of pyridine rings is 1. The molecule has 0 aliphatic carbocycles. The van der Waals surface area contributed by atoms with Crippen LogP contribution in [0.1, 0.15) is 47.9 Å². The maximum atomic E-state index is 13.6. The van der Waals surface area contributed by atoms with Crippen LogP contribution < -0.4 is 11.1 Å². The fraction of sp³-hybridized carbons (Fsp3) is 0.312. The molecule has 0 aliphatic rings. The number of hydrogen-bond acceptors (Lipinski definition) is 9. The summed E-state index contributed by atoms with van der Waals surface area (Å²) in [4.78, 5) is 52.4. The van der Waals surface area contributed by atoms with Gasteiger partial charge in [0.25, 0.3) is 5.69 Å². The second kappa shape index (κ2) is 16.2. The Hall–Kier alpha value is -4.91. The first-order valence-electron chi connectivity index (χ1n) is 14.2. The zero-order valence-electron chi connectivity index (χ0n) is 24.6. The number of aryl methyl sites for hydroxylation is 2. The third-order valence-corrected chi connectivity index (χ3v) is 8.91. The van der Waals surface area contributed by atoms with Crippen molar-refractivity contribution in [1.82, 2.24) is 10.3 Å². The number of amides is 1. The summed E-state index contributed by atoms with van der Waals surface area (Å²) < 4.78 is 26.4. The van der Waals surface area contributed by atoms with Gasteiger partial charge in [-0.05, 0) is 60.1 Å². The molecule has 12 nitrogen and oxygen atoms in total. The Morgan fingerprint density at radius 2 is 1.51 bits per heavy atom. The number of nitrogens with two attached hydrogens (primary N) is 1. The number of carboxylic acids is 1. The lowest BCUT2D eigenvalue weighted by molar-refractivity contribution is -0.384. The molecule has 1 unspecified atom stereocenters. The van der Waals surface area contributed by atoms with Crippen LogP contribution in [0.3, 0.4) is 0 Å². The summed E-state index contributed by atoms with van der Waals surface area (Å²) in [5.41, 5.74) is 8.67. The molecule has 1 aromatic heterocycles. The van der Waals surface area contributed by atoms with Crippen molar-refractivity contribution in [3.63, 3.8) is 0 Å². The zero-order chi connectivity index (χ0) is 33.0. The number of nitro groups is 1. The number of sulfone groups is 1. The van der Waals surface area contributed by atoms with Crippen LogP contribution in [0, 0.1) is 16.0 Å². The molecular weight excluding hydrogens is 600 g/mol. The van der Waals surface area contributed by atoms with Gasteiger partial charge in [-0.1, -0.05) is 43.0 Å². The molecule has 0 fully saturated rings. The average Bonchev–Trinajstić information content (AvgIpc) is 3.00. The van der Waals surface area contributed by atoms with Crippen molar-refractivity contribution >= 4 is 38.9 Å². The molecule has 2 atom stereocenters. The van der Waals surface area contributed by atoms with Crippen LogP contribution in [0.5, 0.6) is 0 Å². The number of benzene rings is 2.